The van der Waals surface area contributed by atoms with Gasteiger partial charge >= 0.3 is 0 Å². The van der Waals surface area contributed by atoms with Gasteiger partial charge in [-0.25, -0.2) is 0 Å². The normalized spacial score (nSPS) is 37.2. The molecule has 3 saturated carbocycles. The summed E-state index contributed by atoms with van der Waals surface area (Å²) in [5, 5.41) is 20.1. The van der Waals surface area contributed by atoms with Crippen molar-refractivity contribution in [2.45, 2.75) is 110 Å². The van der Waals surface area contributed by atoms with Crippen LogP contribution in [0.25, 0.3) is 0 Å². The third-order valence-corrected chi connectivity index (χ3v) is 8.36. The second kappa shape index (κ2) is 9.10. The van der Waals surface area contributed by atoms with Crippen molar-refractivity contribution in [3.63, 3.8) is 0 Å². The van der Waals surface area contributed by atoms with Crippen LogP contribution < -0.4 is 0 Å². The third-order valence-electron chi connectivity index (χ3n) is 8.36. The van der Waals surface area contributed by atoms with E-state index in [0.29, 0.717) is 5.41 Å². The fraction of sp³-hybridized carbons (Fsp3) is 0.778. The van der Waals surface area contributed by atoms with E-state index in [1.165, 1.54) is 49.7 Å². The highest BCUT2D eigenvalue weighted by Gasteiger charge is 2.50. The number of allylic oxidation sites excluding steroid dienone is 4. The summed E-state index contributed by atoms with van der Waals surface area (Å²) in [7, 11) is 0. The zero-order chi connectivity index (χ0) is 21.2. The minimum Gasteiger partial charge on any atom is -0.393 e. The summed E-state index contributed by atoms with van der Waals surface area (Å²) in [6.45, 7) is 13.1. The van der Waals surface area contributed by atoms with Gasteiger partial charge in [0.05, 0.1) is 11.7 Å². The summed E-state index contributed by atoms with van der Waals surface area (Å²) in [4.78, 5) is 0. The van der Waals surface area contributed by atoms with E-state index in [1.807, 2.05) is 13.8 Å². The molecular formula is C27H44O2. The number of aliphatic hydroxyl groups excluding tert-OH is 1. The smallest absolute Gasteiger partial charge is 0.0591 e. The molecule has 0 heterocycles. The Morgan fingerprint density at radius 1 is 1.21 bits per heavy atom. The predicted octanol–water partition coefficient (Wildman–Crippen LogP) is 6.73. The SMILES string of the molecule is C=C1CC[C@H](O)C/C1=C/C=C1/CCCC2(C)C1CC[C@@H]2[C@H](C)CCCC(C)(C)O. The Labute approximate surface area is 179 Å². The molecule has 0 aliphatic heterocycles. The summed E-state index contributed by atoms with van der Waals surface area (Å²) in [5.41, 5.74) is 4.02. The van der Waals surface area contributed by atoms with Crippen molar-refractivity contribution in [1.82, 2.24) is 0 Å². The van der Waals surface area contributed by atoms with Gasteiger partial charge in [0.15, 0.2) is 0 Å². The van der Waals surface area contributed by atoms with Crippen LogP contribution >= 0.6 is 0 Å². The summed E-state index contributed by atoms with van der Waals surface area (Å²) in [6.07, 6.45) is 16.9. The molecule has 0 aromatic heterocycles. The Kier molecular flexibility index (Phi) is 7.16. The second-order valence-electron chi connectivity index (χ2n) is 11.2. The molecule has 0 radical (unpaired) electrons. The van der Waals surface area contributed by atoms with E-state index in [-0.39, 0.29) is 6.10 Å². The largest absolute Gasteiger partial charge is 0.393 e. The Morgan fingerprint density at radius 2 is 1.97 bits per heavy atom. The van der Waals surface area contributed by atoms with E-state index in [0.717, 1.165) is 49.9 Å². The number of aliphatic hydroxyl groups is 2. The first-order valence-corrected chi connectivity index (χ1v) is 12.1. The first-order valence-electron chi connectivity index (χ1n) is 12.1. The quantitative estimate of drug-likeness (QED) is 0.518. The van der Waals surface area contributed by atoms with Crippen molar-refractivity contribution in [2.24, 2.45) is 23.2 Å². The van der Waals surface area contributed by atoms with Crippen LogP contribution in [0.1, 0.15) is 98.3 Å². The number of fused-ring (bicyclic) bond motifs is 1. The van der Waals surface area contributed by atoms with E-state index in [2.05, 4.69) is 32.6 Å². The van der Waals surface area contributed by atoms with Gasteiger partial charge in [-0.05, 0) is 100 Å². The maximum absolute atomic E-state index is 10.0. The lowest BCUT2D eigenvalue weighted by molar-refractivity contribution is 0.0596. The van der Waals surface area contributed by atoms with Crippen LogP contribution in [0.15, 0.2) is 35.5 Å². The molecule has 2 nitrogen and oxygen atoms in total. The Hall–Kier alpha value is -0.860. The van der Waals surface area contributed by atoms with E-state index >= 15 is 0 Å². The van der Waals surface area contributed by atoms with Gasteiger partial charge in [-0.1, -0.05) is 56.6 Å². The molecule has 29 heavy (non-hydrogen) atoms. The van der Waals surface area contributed by atoms with Crippen LogP contribution in [0, 0.1) is 23.2 Å². The molecule has 164 valence electrons. The molecule has 2 heteroatoms. The van der Waals surface area contributed by atoms with Crippen molar-refractivity contribution in [3.05, 3.63) is 35.5 Å². The van der Waals surface area contributed by atoms with E-state index in [9.17, 15) is 10.2 Å². The lowest BCUT2D eigenvalue weighted by Gasteiger charge is -2.44. The minimum absolute atomic E-state index is 0.192. The second-order valence-corrected chi connectivity index (χ2v) is 11.2. The molecule has 3 aliphatic rings. The molecule has 2 unspecified atom stereocenters. The first kappa shape index (κ1) is 22.8. The zero-order valence-electron chi connectivity index (χ0n) is 19.3. The average molecular weight is 401 g/mol. The van der Waals surface area contributed by atoms with Gasteiger partial charge in [-0.2, -0.15) is 0 Å². The highest BCUT2D eigenvalue weighted by Crippen LogP contribution is 2.60. The molecule has 0 aromatic carbocycles. The van der Waals surface area contributed by atoms with Crippen LogP contribution in [-0.4, -0.2) is 21.9 Å². The van der Waals surface area contributed by atoms with Crippen LogP contribution in [0.4, 0.5) is 0 Å². The molecule has 3 rings (SSSR count). The van der Waals surface area contributed by atoms with Crippen LogP contribution in [0.2, 0.25) is 0 Å². The number of rotatable bonds is 6. The summed E-state index contributed by atoms with van der Waals surface area (Å²) >= 11 is 0. The molecule has 3 aliphatic carbocycles. The predicted molar refractivity (Wildman–Crippen MR) is 123 cm³/mol. The van der Waals surface area contributed by atoms with Crippen molar-refractivity contribution in [3.8, 4) is 0 Å². The molecule has 2 N–H and O–H groups in total. The molecule has 0 bridgehead atoms. The van der Waals surface area contributed by atoms with Gasteiger partial charge < -0.3 is 10.2 Å². The summed E-state index contributed by atoms with van der Waals surface area (Å²) in [6, 6.07) is 0. The van der Waals surface area contributed by atoms with Crippen LogP contribution in [-0.2, 0) is 0 Å². The molecule has 0 spiro atoms. The number of hydrogen-bond donors (Lipinski definition) is 2. The van der Waals surface area contributed by atoms with Crippen molar-refractivity contribution >= 4 is 0 Å². The van der Waals surface area contributed by atoms with Gasteiger partial charge in [0.2, 0.25) is 0 Å². The van der Waals surface area contributed by atoms with Gasteiger partial charge in [-0.15, -0.1) is 0 Å². The van der Waals surface area contributed by atoms with Gasteiger partial charge in [0.25, 0.3) is 0 Å². The van der Waals surface area contributed by atoms with Gasteiger partial charge in [-0.3, -0.25) is 0 Å². The van der Waals surface area contributed by atoms with Crippen LogP contribution in [0.5, 0.6) is 0 Å². The fourth-order valence-electron chi connectivity index (χ4n) is 6.67. The fourth-order valence-corrected chi connectivity index (χ4v) is 6.67. The highest BCUT2D eigenvalue weighted by atomic mass is 16.3. The van der Waals surface area contributed by atoms with Crippen LogP contribution in [0.3, 0.4) is 0 Å². The van der Waals surface area contributed by atoms with Crippen molar-refractivity contribution in [2.75, 3.05) is 0 Å². The average Bonchev–Trinajstić information content (AvgIpc) is 2.99. The highest BCUT2D eigenvalue weighted by molar-refractivity contribution is 5.36. The van der Waals surface area contributed by atoms with E-state index in [4.69, 9.17) is 0 Å². The van der Waals surface area contributed by atoms with E-state index in [1.54, 1.807) is 5.57 Å². The Balaban J connectivity index is 1.68. The monoisotopic (exact) mass is 400 g/mol. The standard InChI is InChI=1S/C27H44O2/c1-19-10-13-23(28)18-22(19)12-11-21-9-7-17-27(5)24(14-15-25(21)27)20(2)8-6-16-26(3,4)29/h11-12,20,23-25,28-29H,1,6-10,13-18H2,2-5H3/b21-11-,22-12-/t20-,23+,24-,25?,27?/m1/s1. The molecule has 0 aromatic rings. The molecule has 0 amide bonds. The molecular weight excluding hydrogens is 356 g/mol. The Bertz CT molecular complexity index is 650. The first-order chi connectivity index (χ1) is 13.6. The molecule has 0 saturated heterocycles. The lowest BCUT2D eigenvalue weighted by Crippen LogP contribution is -2.36. The topological polar surface area (TPSA) is 40.5 Å². The van der Waals surface area contributed by atoms with E-state index < -0.39 is 5.60 Å². The lowest BCUT2D eigenvalue weighted by atomic mass is 9.60. The number of hydrogen-bond acceptors (Lipinski definition) is 2. The third kappa shape index (κ3) is 5.44. The summed E-state index contributed by atoms with van der Waals surface area (Å²) < 4.78 is 0. The maximum atomic E-state index is 10.0. The van der Waals surface area contributed by atoms with Gasteiger partial charge in [0.1, 0.15) is 0 Å². The van der Waals surface area contributed by atoms with Crippen molar-refractivity contribution in [1.29, 1.82) is 0 Å². The zero-order valence-corrected chi connectivity index (χ0v) is 19.3. The summed E-state index contributed by atoms with van der Waals surface area (Å²) in [5.74, 6) is 2.26. The minimum atomic E-state index is -0.535. The molecule has 3 fully saturated rings. The van der Waals surface area contributed by atoms with Gasteiger partial charge in [0, 0.05) is 0 Å². The molecule has 5 atom stereocenters. The maximum Gasteiger partial charge on any atom is 0.0591 e. The Morgan fingerprint density at radius 3 is 2.69 bits per heavy atom. The van der Waals surface area contributed by atoms with Crippen molar-refractivity contribution < 1.29 is 10.2 Å².